The Balaban J connectivity index is 2.16. The van der Waals surface area contributed by atoms with E-state index in [1.54, 1.807) is 36.4 Å². The molecule has 0 aliphatic rings. The normalized spacial score (nSPS) is 10.7. The summed E-state index contributed by atoms with van der Waals surface area (Å²) in [5.74, 6) is 0.331. The molecule has 2 rings (SSSR count). The Hall–Kier alpha value is -2.29. The molecule has 0 aliphatic carbocycles. The Kier molecular flexibility index (Phi) is 6.21. The van der Waals surface area contributed by atoms with Crippen LogP contribution in [0.2, 0.25) is 0 Å². The van der Waals surface area contributed by atoms with Crippen LogP contribution in [-0.2, 0) is 0 Å². The van der Waals surface area contributed by atoms with Crippen molar-refractivity contribution < 1.29 is 14.6 Å². The van der Waals surface area contributed by atoms with Crippen LogP contribution in [0.4, 0.5) is 0 Å². The van der Waals surface area contributed by atoms with Gasteiger partial charge in [-0.1, -0.05) is 50.6 Å². The van der Waals surface area contributed by atoms with E-state index in [1.165, 1.54) is 6.07 Å². The summed E-state index contributed by atoms with van der Waals surface area (Å²) in [7, 11) is 0. The number of benzene rings is 2. The van der Waals surface area contributed by atoms with Crippen molar-refractivity contribution in [2.24, 2.45) is 0 Å². The molecule has 1 N–H and O–H groups in total. The second-order valence-electron chi connectivity index (χ2n) is 5.54. The van der Waals surface area contributed by atoms with Crippen LogP contribution in [0.25, 0.3) is 0 Å². The molecule has 3 nitrogen and oxygen atoms in total. The molecule has 23 heavy (non-hydrogen) atoms. The smallest absolute Gasteiger partial charge is 0.196 e. The van der Waals surface area contributed by atoms with Crippen LogP contribution in [0, 0.1) is 6.92 Å². The van der Waals surface area contributed by atoms with Gasteiger partial charge in [0, 0.05) is 11.6 Å². The van der Waals surface area contributed by atoms with Crippen LogP contribution in [0.5, 0.6) is 11.5 Å². The third-order valence-electron chi connectivity index (χ3n) is 3.69. The maximum absolute atomic E-state index is 12.4. The Morgan fingerprint density at radius 2 is 1.91 bits per heavy atom. The molecular weight excluding hydrogens is 288 g/mol. The number of phenolic OH excluding ortho intramolecular Hbond substituents is 1. The second-order valence-corrected chi connectivity index (χ2v) is 5.54. The fourth-order valence-corrected chi connectivity index (χ4v) is 2.53. The van der Waals surface area contributed by atoms with Gasteiger partial charge in [-0.15, -0.1) is 0 Å². The Morgan fingerprint density at radius 1 is 1.17 bits per heavy atom. The highest BCUT2D eigenvalue weighted by Gasteiger charge is 2.15. The number of carbonyl (C=O) groups excluding carboxylic acids is 1. The van der Waals surface area contributed by atoms with Crippen molar-refractivity contribution in [3.8, 4) is 11.5 Å². The number of phenols is 1. The lowest BCUT2D eigenvalue weighted by Gasteiger charge is -2.18. The number of hydrogen-bond acceptors (Lipinski definition) is 3. The zero-order valence-corrected chi connectivity index (χ0v) is 13.5. The number of carbonyl (C=O) groups is 1. The third kappa shape index (κ3) is 4.59. The molecule has 0 saturated carbocycles. The van der Waals surface area contributed by atoms with Gasteiger partial charge in [0.15, 0.2) is 5.78 Å². The van der Waals surface area contributed by atoms with Gasteiger partial charge in [0.25, 0.3) is 0 Å². The molecule has 121 valence electrons. The van der Waals surface area contributed by atoms with Crippen LogP contribution in [0.15, 0.2) is 48.5 Å². The zero-order chi connectivity index (χ0) is 16.7. The van der Waals surface area contributed by atoms with Gasteiger partial charge in [-0.2, -0.15) is 0 Å². The predicted octanol–water partition coefficient (Wildman–Crippen LogP) is 4.78. The van der Waals surface area contributed by atoms with Crippen LogP contribution in [0.1, 0.15) is 48.5 Å². The molecule has 1 radical (unpaired) electrons. The molecule has 0 heterocycles. The van der Waals surface area contributed by atoms with Crippen LogP contribution in [-0.4, -0.2) is 17.0 Å². The monoisotopic (exact) mass is 311 g/mol. The molecule has 3 heteroatoms. The van der Waals surface area contributed by atoms with Gasteiger partial charge in [0.1, 0.15) is 11.5 Å². The highest BCUT2D eigenvalue weighted by atomic mass is 16.5. The second kappa shape index (κ2) is 8.37. The zero-order valence-electron chi connectivity index (χ0n) is 13.5. The van der Waals surface area contributed by atoms with Gasteiger partial charge in [-0.3, -0.25) is 4.79 Å². The quantitative estimate of drug-likeness (QED) is 0.713. The molecule has 2 aromatic carbocycles. The number of ketones is 1. The van der Waals surface area contributed by atoms with Crippen molar-refractivity contribution in [1.82, 2.24) is 0 Å². The highest BCUT2D eigenvalue weighted by Crippen LogP contribution is 2.27. The fourth-order valence-electron chi connectivity index (χ4n) is 2.53. The van der Waals surface area contributed by atoms with E-state index in [9.17, 15) is 9.90 Å². The van der Waals surface area contributed by atoms with Gasteiger partial charge in [-0.05, 0) is 31.4 Å². The van der Waals surface area contributed by atoms with Gasteiger partial charge < -0.3 is 9.84 Å². The summed E-state index contributed by atoms with van der Waals surface area (Å²) in [6.45, 7) is 5.97. The van der Waals surface area contributed by atoms with E-state index in [1.807, 2.05) is 6.07 Å². The Labute approximate surface area is 137 Å². The molecular formula is C20H23O3. The van der Waals surface area contributed by atoms with Crippen LogP contribution < -0.4 is 4.74 Å². The summed E-state index contributed by atoms with van der Waals surface area (Å²) in [5.41, 5.74) is 0.838. The first-order valence-corrected chi connectivity index (χ1v) is 8.04. The van der Waals surface area contributed by atoms with Crippen molar-refractivity contribution in [2.75, 3.05) is 0 Å². The minimum atomic E-state index is -0.197. The fraction of sp³-hybridized carbons (Fsp3) is 0.300. The van der Waals surface area contributed by atoms with Crippen molar-refractivity contribution in [1.29, 1.82) is 0 Å². The predicted molar refractivity (Wildman–Crippen MR) is 91.9 cm³/mol. The standard InChI is InChI=1S/C20H23O3/c1-3-8-16(9-4-2)23-17-12-13-18(19(21)14-17)20(22)15-10-6-5-7-11-15/h5-7,10-14,16,21H,1,3-4,8-9H2,2H3. The van der Waals surface area contributed by atoms with Gasteiger partial charge in [-0.25, -0.2) is 0 Å². The van der Waals surface area contributed by atoms with E-state index in [2.05, 4.69) is 13.8 Å². The molecule has 0 saturated heterocycles. The van der Waals surface area contributed by atoms with Gasteiger partial charge in [0.2, 0.25) is 0 Å². The lowest BCUT2D eigenvalue weighted by atomic mass is 10.0. The first-order valence-electron chi connectivity index (χ1n) is 8.04. The number of hydrogen-bond donors (Lipinski definition) is 1. The van der Waals surface area contributed by atoms with E-state index in [-0.39, 0.29) is 23.2 Å². The molecule has 1 atom stereocenters. The van der Waals surface area contributed by atoms with E-state index in [0.717, 1.165) is 25.7 Å². The topological polar surface area (TPSA) is 46.5 Å². The van der Waals surface area contributed by atoms with Crippen molar-refractivity contribution in [3.05, 3.63) is 66.6 Å². The number of rotatable bonds is 8. The minimum Gasteiger partial charge on any atom is -0.507 e. The molecule has 1 unspecified atom stereocenters. The first-order chi connectivity index (χ1) is 11.2. The average molecular weight is 311 g/mol. The molecule has 0 amide bonds. The third-order valence-corrected chi connectivity index (χ3v) is 3.69. The molecule has 2 aromatic rings. The molecule has 0 spiro atoms. The van der Waals surface area contributed by atoms with Crippen LogP contribution in [0.3, 0.4) is 0 Å². The summed E-state index contributed by atoms with van der Waals surface area (Å²) in [5, 5.41) is 10.2. The molecule has 0 aromatic heterocycles. The molecule has 0 aliphatic heterocycles. The van der Waals surface area contributed by atoms with Gasteiger partial charge in [0.05, 0.1) is 11.7 Å². The molecule has 0 bridgehead atoms. The van der Waals surface area contributed by atoms with Crippen molar-refractivity contribution in [2.45, 2.75) is 38.7 Å². The Bertz CT molecular complexity index is 629. The maximum Gasteiger partial charge on any atom is 0.196 e. The minimum absolute atomic E-state index is 0.0544. The van der Waals surface area contributed by atoms with E-state index >= 15 is 0 Å². The largest absolute Gasteiger partial charge is 0.507 e. The summed E-state index contributed by atoms with van der Waals surface area (Å²) in [4.78, 5) is 12.4. The lowest BCUT2D eigenvalue weighted by molar-refractivity contribution is 0.103. The van der Waals surface area contributed by atoms with Crippen LogP contribution >= 0.6 is 0 Å². The maximum atomic E-state index is 12.4. The average Bonchev–Trinajstić information content (AvgIpc) is 2.56. The van der Waals surface area contributed by atoms with Crippen molar-refractivity contribution in [3.63, 3.8) is 0 Å². The van der Waals surface area contributed by atoms with E-state index in [4.69, 9.17) is 4.74 Å². The number of ether oxygens (including phenoxy) is 1. The summed E-state index contributed by atoms with van der Waals surface area (Å²) in [6, 6.07) is 13.8. The highest BCUT2D eigenvalue weighted by molar-refractivity contribution is 6.10. The SMILES string of the molecule is [CH2]CCC(CCC)Oc1ccc(C(=O)c2ccccc2)c(O)c1. The van der Waals surface area contributed by atoms with E-state index in [0.29, 0.717) is 11.3 Å². The summed E-state index contributed by atoms with van der Waals surface area (Å²) < 4.78 is 5.91. The summed E-state index contributed by atoms with van der Waals surface area (Å²) in [6.07, 6.45) is 3.75. The number of aromatic hydroxyl groups is 1. The van der Waals surface area contributed by atoms with Crippen molar-refractivity contribution >= 4 is 5.78 Å². The van der Waals surface area contributed by atoms with E-state index < -0.39 is 0 Å². The first kappa shape index (κ1) is 17.1. The lowest BCUT2D eigenvalue weighted by Crippen LogP contribution is -2.16. The summed E-state index contributed by atoms with van der Waals surface area (Å²) >= 11 is 0. The Morgan fingerprint density at radius 3 is 2.52 bits per heavy atom. The van der Waals surface area contributed by atoms with Gasteiger partial charge >= 0.3 is 0 Å². The molecule has 0 fully saturated rings.